The summed E-state index contributed by atoms with van der Waals surface area (Å²) in [6.45, 7) is 5.45. The molecule has 2 aliphatic heterocycles. The summed E-state index contributed by atoms with van der Waals surface area (Å²) in [4.78, 5) is 17.2. The Morgan fingerprint density at radius 1 is 1.28 bits per heavy atom. The molecular weight excluding hydrogens is 242 g/mol. The molecule has 2 nitrogen and oxygen atoms in total. The largest absolute Gasteiger partial charge is 0.300 e. The van der Waals surface area contributed by atoms with Crippen LogP contribution in [0.15, 0.2) is 6.07 Å². The fraction of sp³-hybridized carbons (Fsp3) is 0.667. The van der Waals surface area contributed by atoms with E-state index in [0.717, 1.165) is 19.4 Å². The first kappa shape index (κ1) is 12.4. The molecule has 0 amide bonds. The van der Waals surface area contributed by atoms with Crippen LogP contribution in [0.3, 0.4) is 0 Å². The highest BCUT2D eigenvalue weighted by Gasteiger charge is 2.37. The minimum atomic E-state index is 0.486. The van der Waals surface area contributed by atoms with Gasteiger partial charge < -0.3 is 0 Å². The summed E-state index contributed by atoms with van der Waals surface area (Å²) in [5.41, 5.74) is 1.41. The predicted molar refractivity (Wildman–Crippen MR) is 75.0 cm³/mol. The molecule has 2 atom stereocenters. The molecule has 0 aliphatic carbocycles. The van der Waals surface area contributed by atoms with Crippen LogP contribution in [0.1, 0.15) is 47.4 Å². The lowest BCUT2D eigenvalue weighted by atomic mass is 9.84. The molecule has 2 unspecified atom stereocenters. The van der Waals surface area contributed by atoms with Crippen LogP contribution in [-0.2, 0) is 11.3 Å². The van der Waals surface area contributed by atoms with Crippen LogP contribution in [-0.4, -0.2) is 22.8 Å². The summed E-state index contributed by atoms with van der Waals surface area (Å²) in [5.74, 6) is 0.486. The van der Waals surface area contributed by atoms with Crippen molar-refractivity contribution in [3.05, 3.63) is 21.4 Å². The van der Waals surface area contributed by atoms with Crippen molar-refractivity contribution in [2.45, 2.75) is 64.6 Å². The third kappa shape index (κ3) is 2.26. The number of fused-ring (bicyclic) bond motifs is 2. The molecule has 2 fully saturated rings. The van der Waals surface area contributed by atoms with Crippen LogP contribution in [0.4, 0.5) is 0 Å². The van der Waals surface area contributed by atoms with Crippen molar-refractivity contribution in [2.75, 3.05) is 0 Å². The Morgan fingerprint density at radius 2 is 1.94 bits per heavy atom. The highest BCUT2D eigenvalue weighted by atomic mass is 32.1. The van der Waals surface area contributed by atoms with Gasteiger partial charge in [0.1, 0.15) is 5.78 Å². The highest BCUT2D eigenvalue weighted by molar-refractivity contribution is 7.12. The van der Waals surface area contributed by atoms with Crippen molar-refractivity contribution in [1.29, 1.82) is 0 Å². The second kappa shape index (κ2) is 4.78. The number of hydrogen-bond acceptors (Lipinski definition) is 3. The first-order chi connectivity index (χ1) is 8.63. The van der Waals surface area contributed by atoms with Gasteiger partial charge in [-0.05, 0) is 38.3 Å². The standard InChI is InChI=1S/C15H21NOS/c1-10-6-15(18-11(10)2)9-16-12-4-3-5-13(16)8-14(17)7-12/h6,12-13H,3-5,7-9H2,1-2H3. The van der Waals surface area contributed by atoms with Crippen molar-refractivity contribution >= 4 is 17.1 Å². The fourth-order valence-corrected chi connectivity index (χ4v) is 4.49. The van der Waals surface area contributed by atoms with Gasteiger partial charge in [-0.3, -0.25) is 9.69 Å². The number of rotatable bonds is 2. The molecule has 18 heavy (non-hydrogen) atoms. The number of nitrogens with zero attached hydrogens (tertiary/aromatic N) is 1. The van der Waals surface area contributed by atoms with Crippen molar-refractivity contribution < 1.29 is 4.79 Å². The van der Waals surface area contributed by atoms with Gasteiger partial charge in [-0.1, -0.05) is 6.42 Å². The summed E-state index contributed by atoms with van der Waals surface area (Å²) >= 11 is 1.92. The molecule has 1 aromatic rings. The molecule has 0 saturated carbocycles. The Morgan fingerprint density at radius 3 is 2.50 bits per heavy atom. The Labute approximate surface area is 113 Å². The van der Waals surface area contributed by atoms with Gasteiger partial charge in [0.2, 0.25) is 0 Å². The van der Waals surface area contributed by atoms with Gasteiger partial charge in [0, 0.05) is 41.2 Å². The molecule has 2 bridgehead atoms. The van der Waals surface area contributed by atoms with E-state index in [1.54, 1.807) is 0 Å². The van der Waals surface area contributed by atoms with Crippen LogP contribution in [0.2, 0.25) is 0 Å². The molecule has 0 spiro atoms. The Kier molecular flexibility index (Phi) is 3.29. The van der Waals surface area contributed by atoms with Crippen LogP contribution in [0.5, 0.6) is 0 Å². The number of Topliss-reactive ketones (excluding diaryl/α,β-unsaturated/α-hetero) is 1. The molecular formula is C15H21NOS. The van der Waals surface area contributed by atoms with Gasteiger partial charge in [0.25, 0.3) is 0 Å². The number of carbonyl (C=O) groups is 1. The average molecular weight is 263 g/mol. The van der Waals surface area contributed by atoms with E-state index in [1.807, 2.05) is 11.3 Å². The van der Waals surface area contributed by atoms with Crippen LogP contribution >= 0.6 is 11.3 Å². The fourth-order valence-electron chi connectivity index (χ4n) is 3.43. The number of piperidine rings is 2. The smallest absolute Gasteiger partial charge is 0.136 e. The lowest BCUT2D eigenvalue weighted by molar-refractivity contribution is -0.127. The number of aryl methyl sites for hydroxylation is 2. The summed E-state index contributed by atoms with van der Waals surface area (Å²) in [7, 11) is 0. The van der Waals surface area contributed by atoms with Crippen molar-refractivity contribution in [2.24, 2.45) is 0 Å². The predicted octanol–water partition coefficient (Wildman–Crippen LogP) is 3.45. The normalized spacial score (nSPS) is 28.7. The van der Waals surface area contributed by atoms with E-state index in [1.165, 1.54) is 34.6 Å². The van der Waals surface area contributed by atoms with Gasteiger partial charge in [-0.2, -0.15) is 0 Å². The van der Waals surface area contributed by atoms with Crippen molar-refractivity contribution in [1.82, 2.24) is 4.90 Å². The zero-order chi connectivity index (χ0) is 12.7. The third-order valence-electron chi connectivity index (χ3n) is 4.49. The Balaban J connectivity index is 1.77. The quantitative estimate of drug-likeness (QED) is 0.814. The van der Waals surface area contributed by atoms with E-state index < -0.39 is 0 Å². The molecule has 2 saturated heterocycles. The van der Waals surface area contributed by atoms with Gasteiger partial charge in [0.15, 0.2) is 0 Å². The second-order valence-corrected chi connectivity index (χ2v) is 7.15. The van der Waals surface area contributed by atoms with E-state index in [9.17, 15) is 4.79 Å². The molecule has 0 N–H and O–H groups in total. The van der Waals surface area contributed by atoms with E-state index >= 15 is 0 Å². The third-order valence-corrected chi connectivity index (χ3v) is 5.63. The number of carbonyl (C=O) groups excluding carboxylic acids is 1. The maximum atomic E-state index is 11.7. The van der Waals surface area contributed by atoms with Crippen molar-refractivity contribution in [3.63, 3.8) is 0 Å². The lowest BCUT2D eigenvalue weighted by Gasteiger charge is -2.45. The molecule has 1 aromatic heterocycles. The molecule has 3 heterocycles. The van der Waals surface area contributed by atoms with Crippen molar-refractivity contribution in [3.8, 4) is 0 Å². The topological polar surface area (TPSA) is 20.3 Å². The SMILES string of the molecule is Cc1cc(CN2C3CCCC2CC(=O)C3)sc1C. The Hall–Kier alpha value is -0.670. The second-order valence-electron chi connectivity index (χ2n) is 5.81. The molecule has 98 valence electrons. The first-order valence-corrected chi connectivity index (χ1v) is 7.78. The number of thiophene rings is 1. The molecule has 3 rings (SSSR count). The summed E-state index contributed by atoms with van der Waals surface area (Å²) in [5, 5.41) is 0. The van der Waals surface area contributed by atoms with Crippen LogP contribution in [0.25, 0.3) is 0 Å². The van der Waals surface area contributed by atoms with Gasteiger partial charge in [-0.25, -0.2) is 0 Å². The van der Waals surface area contributed by atoms with E-state index in [-0.39, 0.29) is 0 Å². The van der Waals surface area contributed by atoms with Crippen LogP contribution < -0.4 is 0 Å². The zero-order valence-corrected chi connectivity index (χ0v) is 12.1. The maximum absolute atomic E-state index is 11.7. The van der Waals surface area contributed by atoms with E-state index in [2.05, 4.69) is 24.8 Å². The minimum Gasteiger partial charge on any atom is -0.300 e. The van der Waals surface area contributed by atoms with E-state index in [4.69, 9.17) is 0 Å². The van der Waals surface area contributed by atoms with Gasteiger partial charge >= 0.3 is 0 Å². The summed E-state index contributed by atoms with van der Waals surface area (Å²) in [6, 6.07) is 3.37. The van der Waals surface area contributed by atoms with Gasteiger partial charge in [0.05, 0.1) is 0 Å². The average Bonchev–Trinajstić information content (AvgIpc) is 2.59. The summed E-state index contributed by atoms with van der Waals surface area (Å²) < 4.78 is 0. The zero-order valence-electron chi connectivity index (χ0n) is 11.2. The molecule has 0 radical (unpaired) electrons. The monoisotopic (exact) mass is 263 g/mol. The number of hydrogen-bond donors (Lipinski definition) is 0. The maximum Gasteiger partial charge on any atom is 0.136 e. The van der Waals surface area contributed by atoms with Crippen LogP contribution in [0, 0.1) is 13.8 Å². The molecule has 3 heteroatoms. The van der Waals surface area contributed by atoms with Gasteiger partial charge in [-0.15, -0.1) is 11.3 Å². The minimum absolute atomic E-state index is 0.486. The number of ketones is 1. The highest BCUT2D eigenvalue weighted by Crippen LogP contribution is 2.34. The summed E-state index contributed by atoms with van der Waals surface area (Å²) in [6.07, 6.45) is 5.32. The first-order valence-electron chi connectivity index (χ1n) is 6.97. The van der Waals surface area contributed by atoms with E-state index in [0.29, 0.717) is 17.9 Å². The molecule has 0 aromatic carbocycles. The lowest BCUT2D eigenvalue weighted by Crippen LogP contribution is -2.51. The molecule has 2 aliphatic rings. The Bertz CT molecular complexity index is 430.